The van der Waals surface area contributed by atoms with Crippen LogP contribution < -0.4 is 0 Å². The first-order chi connectivity index (χ1) is 9.24. The van der Waals surface area contributed by atoms with E-state index < -0.39 is 6.09 Å². The van der Waals surface area contributed by atoms with Gasteiger partial charge in [0.2, 0.25) is 0 Å². The Labute approximate surface area is 113 Å². The summed E-state index contributed by atoms with van der Waals surface area (Å²) in [5, 5.41) is 9.27. The van der Waals surface area contributed by atoms with Crippen molar-refractivity contribution < 1.29 is 9.90 Å². The van der Waals surface area contributed by atoms with E-state index >= 15 is 0 Å². The summed E-state index contributed by atoms with van der Waals surface area (Å²) in [6, 6.07) is 10.6. The molecule has 4 heteroatoms. The van der Waals surface area contributed by atoms with Gasteiger partial charge in [0.25, 0.3) is 0 Å². The third-order valence-corrected chi connectivity index (χ3v) is 4.35. The van der Waals surface area contributed by atoms with Crippen LogP contribution in [0.3, 0.4) is 0 Å². The van der Waals surface area contributed by atoms with Gasteiger partial charge in [0.05, 0.1) is 6.04 Å². The number of hydrogen-bond donors (Lipinski definition) is 1. The smallest absolute Gasteiger partial charge is 0.407 e. The van der Waals surface area contributed by atoms with Crippen LogP contribution in [0.5, 0.6) is 0 Å². The molecule has 1 aromatic rings. The highest BCUT2D eigenvalue weighted by molar-refractivity contribution is 5.65. The Morgan fingerprint density at radius 1 is 1.26 bits per heavy atom. The Bertz CT molecular complexity index is 449. The van der Waals surface area contributed by atoms with Crippen LogP contribution in [-0.2, 0) is 6.54 Å². The molecule has 4 nitrogen and oxygen atoms in total. The summed E-state index contributed by atoms with van der Waals surface area (Å²) in [4.78, 5) is 15.3. The third kappa shape index (κ3) is 2.59. The van der Waals surface area contributed by atoms with E-state index in [1.54, 1.807) is 4.90 Å². The van der Waals surface area contributed by atoms with Crippen molar-refractivity contribution in [2.75, 3.05) is 19.6 Å². The van der Waals surface area contributed by atoms with Crippen molar-refractivity contribution in [2.24, 2.45) is 5.92 Å². The van der Waals surface area contributed by atoms with E-state index in [0.29, 0.717) is 12.5 Å². The second-order valence-corrected chi connectivity index (χ2v) is 5.63. The predicted molar refractivity (Wildman–Crippen MR) is 73.0 cm³/mol. The summed E-state index contributed by atoms with van der Waals surface area (Å²) in [5.41, 5.74) is 1.31. The van der Waals surface area contributed by atoms with Crippen molar-refractivity contribution in [1.82, 2.24) is 9.80 Å². The van der Waals surface area contributed by atoms with Gasteiger partial charge in [0, 0.05) is 26.2 Å². The molecule has 2 heterocycles. The number of amides is 1. The molecule has 0 bridgehead atoms. The number of likely N-dealkylation sites (tertiary alicyclic amines) is 2. The fraction of sp³-hybridized carbons (Fsp3) is 0.533. The largest absolute Gasteiger partial charge is 0.465 e. The highest BCUT2D eigenvalue weighted by atomic mass is 16.4. The molecule has 0 radical (unpaired) electrons. The highest BCUT2D eigenvalue weighted by Gasteiger charge is 2.40. The van der Waals surface area contributed by atoms with Crippen LogP contribution in [0.4, 0.5) is 4.79 Å². The lowest BCUT2D eigenvalue weighted by Crippen LogP contribution is -2.47. The Kier molecular flexibility index (Phi) is 3.42. The Balaban J connectivity index is 1.67. The topological polar surface area (TPSA) is 43.8 Å². The molecule has 1 amide bonds. The van der Waals surface area contributed by atoms with E-state index in [1.165, 1.54) is 12.0 Å². The molecule has 0 spiro atoms. The average molecular weight is 260 g/mol. The number of carbonyl (C=O) groups is 1. The molecule has 0 unspecified atom stereocenters. The van der Waals surface area contributed by atoms with Crippen molar-refractivity contribution >= 4 is 6.09 Å². The molecule has 1 N–H and O–H groups in total. The lowest BCUT2D eigenvalue weighted by molar-refractivity contribution is 0.0954. The molecule has 2 fully saturated rings. The average Bonchev–Trinajstić information content (AvgIpc) is 2.81. The number of fused-ring (bicyclic) bond motifs is 1. The minimum Gasteiger partial charge on any atom is -0.465 e. The van der Waals surface area contributed by atoms with Crippen LogP contribution in [0.2, 0.25) is 0 Å². The zero-order valence-electron chi connectivity index (χ0n) is 11.0. The van der Waals surface area contributed by atoms with Gasteiger partial charge in [0.15, 0.2) is 0 Å². The molecule has 2 aliphatic rings. The third-order valence-electron chi connectivity index (χ3n) is 4.35. The summed E-state index contributed by atoms with van der Waals surface area (Å²) in [7, 11) is 0. The summed E-state index contributed by atoms with van der Waals surface area (Å²) < 4.78 is 0. The second kappa shape index (κ2) is 5.21. The zero-order valence-corrected chi connectivity index (χ0v) is 11.0. The molecule has 3 rings (SSSR count). The standard InChI is InChI=1S/C15H20N2O2/c18-15(19)17-8-4-7-13-10-16(11-14(13)17)9-12-5-2-1-3-6-12/h1-3,5-6,13-14H,4,7-11H2,(H,18,19)/t13-,14+/m1/s1. The Morgan fingerprint density at radius 2 is 2.05 bits per heavy atom. The number of hydrogen-bond acceptors (Lipinski definition) is 2. The first-order valence-electron chi connectivity index (χ1n) is 7.00. The minimum atomic E-state index is -0.753. The number of carboxylic acid groups (broad SMARTS) is 1. The van der Waals surface area contributed by atoms with Crippen LogP contribution in [0, 0.1) is 5.92 Å². The molecule has 0 aromatic heterocycles. The SMILES string of the molecule is O=C(O)N1CCC[C@@H]2CN(Cc3ccccc3)C[C@@H]21. The van der Waals surface area contributed by atoms with Gasteiger partial charge in [-0.1, -0.05) is 30.3 Å². The van der Waals surface area contributed by atoms with Crippen LogP contribution in [0.25, 0.3) is 0 Å². The Hall–Kier alpha value is -1.55. The highest BCUT2D eigenvalue weighted by Crippen LogP contribution is 2.31. The van der Waals surface area contributed by atoms with Crippen LogP contribution >= 0.6 is 0 Å². The van der Waals surface area contributed by atoms with E-state index in [1.807, 2.05) is 6.07 Å². The van der Waals surface area contributed by atoms with Crippen LogP contribution in [0.1, 0.15) is 18.4 Å². The van der Waals surface area contributed by atoms with Crippen LogP contribution in [0.15, 0.2) is 30.3 Å². The molecule has 19 heavy (non-hydrogen) atoms. The fourth-order valence-electron chi connectivity index (χ4n) is 3.48. The van der Waals surface area contributed by atoms with Crippen molar-refractivity contribution in [3.63, 3.8) is 0 Å². The monoisotopic (exact) mass is 260 g/mol. The van der Waals surface area contributed by atoms with Gasteiger partial charge in [-0.25, -0.2) is 4.79 Å². The molecular formula is C15H20N2O2. The van der Waals surface area contributed by atoms with Crippen molar-refractivity contribution in [3.05, 3.63) is 35.9 Å². The van der Waals surface area contributed by atoms with Crippen LogP contribution in [-0.4, -0.2) is 46.7 Å². The van der Waals surface area contributed by atoms with Crippen molar-refractivity contribution in [1.29, 1.82) is 0 Å². The van der Waals surface area contributed by atoms with Gasteiger partial charge in [-0.15, -0.1) is 0 Å². The van der Waals surface area contributed by atoms with E-state index in [0.717, 1.165) is 26.1 Å². The molecule has 1 aromatic carbocycles. The van der Waals surface area contributed by atoms with Gasteiger partial charge >= 0.3 is 6.09 Å². The molecule has 0 aliphatic carbocycles. The normalized spacial score (nSPS) is 27.3. The molecule has 2 saturated heterocycles. The van der Waals surface area contributed by atoms with Gasteiger partial charge < -0.3 is 10.0 Å². The summed E-state index contributed by atoms with van der Waals surface area (Å²) in [5.74, 6) is 0.522. The molecule has 0 saturated carbocycles. The maximum absolute atomic E-state index is 11.3. The molecular weight excluding hydrogens is 240 g/mol. The first-order valence-corrected chi connectivity index (χ1v) is 7.00. The minimum absolute atomic E-state index is 0.204. The van der Waals surface area contributed by atoms with Crippen molar-refractivity contribution in [2.45, 2.75) is 25.4 Å². The van der Waals surface area contributed by atoms with Gasteiger partial charge in [0.1, 0.15) is 0 Å². The summed E-state index contributed by atoms with van der Waals surface area (Å²) in [6.07, 6.45) is 1.42. The maximum atomic E-state index is 11.3. The quantitative estimate of drug-likeness (QED) is 0.887. The predicted octanol–water partition coefficient (Wildman–Crippen LogP) is 2.26. The van der Waals surface area contributed by atoms with Gasteiger partial charge in [-0.3, -0.25) is 4.90 Å². The van der Waals surface area contributed by atoms with Gasteiger partial charge in [-0.05, 0) is 24.3 Å². The number of benzene rings is 1. The second-order valence-electron chi connectivity index (χ2n) is 5.63. The molecule has 2 aliphatic heterocycles. The maximum Gasteiger partial charge on any atom is 0.407 e. The van der Waals surface area contributed by atoms with E-state index in [-0.39, 0.29) is 6.04 Å². The summed E-state index contributed by atoms with van der Waals surface area (Å²) in [6.45, 7) is 3.55. The van der Waals surface area contributed by atoms with Gasteiger partial charge in [-0.2, -0.15) is 0 Å². The number of piperidine rings is 1. The number of nitrogens with zero attached hydrogens (tertiary/aromatic N) is 2. The summed E-state index contributed by atoms with van der Waals surface area (Å²) >= 11 is 0. The van der Waals surface area contributed by atoms with E-state index in [4.69, 9.17) is 0 Å². The lowest BCUT2D eigenvalue weighted by atomic mass is 9.92. The number of rotatable bonds is 2. The Morgan fingerprint density at radius 3 is 2.79 bits per heavy atom. The zero-order chi connectivity index (χ0) is 13.2. The van der Waals surface area contributed by atoms with Crippen molar-refractivity contribution in [3.8, 4) is 0 Å². The molecule has 102 valence electrons. The van der Waals surface area contributed by atoms with E-state index in [9.17, 15) is 9.90 Å². The molecule has 2 atom stereocenters. The van der Waals surface area contributed by atoms with E-state index in [2.05, 4.69) is 29.2 Å². The lowest BCUT2D eigenvalue weighted by Gasteiger charge is -2.34. The fourth-order valence-corrected chi connectivity index (χ4v) is 3.48. The first kappa shape index (κ1) is 12.5.